The highest BCUT2D eigenvalue weighted by atomic mass is 35.5. The fourth-order valence-electron chi connectivity index (χ4n) is 2.24. The van der Waals surface area contributed by atoms with Crippen LogP contribution < -0.4 is 0 Å². The van der Waals surface area contributed by atoms with Crippen LogP contribution >= 0.6 is 22.9 Å². The number of aromatic nitrogens is 2. The lowest BCUT2D eigenvalue weighted by Crippen LogP contribution is -2.32. The maximum Gasteiger partial charge on any atom is 0.247 e. The van der Waals surface area contributed by atoms with E-state index in [0.717, 1.165) is 10.7 Å². The number of carbonyl (C=O) groups is 1. The van der Waals surface area contributed by atoms with Gasteiger partial charge in [0, 0.05) is 31.3 Å². The molecular weight excluding hydrogens is 350 g/mol. The first-order valence-electron chi connectivity index (χ1n) is 7.28. The molecule has 3 rings (SSSR count). The number of nitrogens with zero attached hydrogens (tertiary/aromatic N) is 3. The summed E-state index contributed by atoms with van der Waals surface area (Å²) >= 11 is 7.62. The normalized spacial score (nSPS) is 11.6. The lowest BCUT2D eigenvalue weighted by molar-refractivity contribution is -0.127. The van der Waals surface area contributed by atoms with Crippen LogP contribution in [-0.2, 0) is 16.1 Å². The number of halogens is 1. The summed E-state index contributed by atoms with van der Waals surface area (Å²) in [5, 5.41) is 2.29. The van der Waals surface area contributed by atoms with Crippen molar-refractivity contribution in [3.63, 3.8) is 0 Å². The van der Waals surface area contributed by atoms with Crippen LogP contribution in [0.5, 0.6) is 0 Å². The molecule has 0 saturated heterocycles. The van der Waals surface area contributed by atoms with Crippen molar-refractivity contribution >= 4 is 39.9 Å². The summed E-state index contributed by atoms with van der Waals surface area (Å²) in [6, 6.07) is 3.63. The van der Waals surface area contributed by atoms with E-state index in [0.29, 0.717) is 30.5 Å². The van der Waals surface area contributed by atoms with Gasteiger partial charge in [-0.25, -0.2) is 4.98 Å². The van der Waals surface area contributed by atoms with Crippen molar-refractivity contribution in [3.05, 3.63) is 52.7 Å². The van der Waals surface area contributed by atoms with E-state index >= 15 is 0 Å². The Bertz CT molecular complexity index is 838. The van der Waals surface area contributed by atoms with E-state index in [1.54, 1.807) is 30.4 Å². The van der Waals surface area contributed by atoms with Gasteiger partial charge in [-0.3, -0.25) is 9.20 Å². The first-order valence-corrected chi connectivity index (χ1v) is 8.54. The quantitative estimate of drug-likeness (QED) is 0.602. The highest BCUT2D eigenvalue weighted by Crippen LogP contribution is 2.22. The second-order valence-electron chi connectivity index (χ2n) is 5.01. The van der Waals surface area contributed by atoms with E-state index in [-0.39, 0.29) is 5.91 Å². The van der Waals surface area contributed by atoms with Crippen molar-refractivity contribution in [2.24, 2.45) is 0 Å². The van der Waals surface area contributed by atoms with Crippen molar-refractivity contribution in [1.82, 2.24) is 14.3 Å². The van der Waals surface area contributed by atoms with Crippen LogP contribution in [0.3, 0.4) is 0 Å². The van der Waals surface area contributed by atoms with Crippen LogP contribution in [0.25, 0.3) is 11.0 Å². The minimum atomic E-state index is -0.148. The molecule has 126 valence electrons. The minimum absolute atomic E-state index is 0.148. The van der Waals surface area contributed by atoms with Gasteiger partial charge in [-0.2, -0.15) is 0 Å². The molecule has 3 aromatic heterocycles. The Labute approximate surface area is 147 Å². The maximum absolute atomic E-state index is 12.5. The van der Waals surface area contributed by atoms with Gasteiger partial charge in [0.2, 0.25) is 5.91 Å². The second-order valence-corrected chi connectivity index (χ2v) is 6.24. The Morgan fingerprint density at radius 3 is 3.21 bits per heavy atom. The predicted octanol–water partition coefficient (Wildman–Crippen LogP) is 3.33. The smallest absolute Gasteiger partial charge is 0.247 e. The Kier molecular flexibility index (Phi) is 5.34. The summed E-state index contributed by atoms with van der Waals surface area (Å²) in [6.07, 6.45) is 6.63. The maximum atomic E-state index is 12.5. The Morgan fingerprint density at radius 1 is 1.58 bits per heavy atom. The molecule has 0 aliphatic carbocycles. The molecule has 0 aromatic carbocycles. The molecule has 0 radical (unpaired) electrons. The van der Waals surface area contributed by atoms with Gasteiger partial charge < -0.3 is 14.1 Å². The number of ether oxygens (including phenoxy) is 1. The second kappa shape index (κ2) is 7.65. The van der Waals surface area contributed by atoms with Crippen LogP contribution in [0, 0.1) is 0 Å². The number of methoxy groups -OCH3 is 1. The summed E-state index contributed by atoms with van der Waals surface area (Å²) in [5.74, 6) is 0.570. The number of amides is 1. The van der Waals surface area contributed by atoms with Crippen molar-refractivity contribution in [1.29, 1.82) is 0 Å². The number of fused-ring (bicyclic) bond motifs is 1. The average molecular weight is 366 g/mol. The molecule has 3 aromatic rings. The van der Waals surface area contributed by atoms with Gasteiger partial charge in [-0.1, -0.05) is 11.6 Å². The molecule has 1 amide bonds. The average Bonchev–Trinajstić information content (AvgIpc) is 3.27. The zero-order valence-corrected chi connectivity index (χ0v) is 14.6. The summed E-state index contributed by atoms with van der Waals surface area (Å²) in [4.78, 5) is 19.2. The lowest BCUT2D eigenvalue weighted by atomic mass is 10.3. The van der Waals surface area contributed by atoms with Crippen LogP contribution in [0.1, 0.15) is 11.5 Å². The third-order valence-electron chi connectivity index (χ3n) is 3.44. The molecule has 0 spiro atoms. The van der Waals surface area contributed by atoms with Crippen molar-refractivity contribution < 1.29 is 13.9 Å². The largest absolute Gasteiger partial charge is 0.467 e. The lowest BCUT2D eigenvalue weighted by Gasteiger charge is -2.19. The molecule has 3 heterocycles. The number of furan rings is 1. The van der Waals surface area contributed by atoms with Gasteiger partial charge in [-0.05, 0) is 18.2 Å². The summed E-state index contributed by atoms with van der Waals surface area (Å²) in [6.45, 7) is 1.30. The molecule has 0 unspecified atom stereocenters. The first kappa shape index (κ1) is 16.8. The predicted molar refractivity (Wildman–Crippen MR) is 93.1 cm³/mol. The van der Waals surface area contributed by atoms with E-state index in [2.05, 4.69) is 4.98 Å². The van der Waals surface area contributed by atoms with Crippen LogP contribution in [0.2, 0.25) is 5.15 Å². The molecule has 0 aliphatic heterocycles. The molecule has 24 heavy (non-hydrogen) atoms. The summed E-state index contributed by atoms with van der Waals surface area (Å²) in [7, 11) is 1.60. The standard InChI is InChI=1S/C16H16ClN3O3S/c1-22-9-6-19(11-12-3-2-8-23-12)14(21)5-4-13-15(17)18-16-20(13)7-10-24-16/h2-5,7-8,10H,6,9,11H2,1H3/b5-4+. The summed E-state index contributed by atoms with van der Waals surface area (Å²) < 4.78 is 12.2. The SMILES string of the molecule is COCCN(Cc1ccco1)C(=O)/C=C/c1c(Cl)nc2sccn12. The molecule has 0 N–H and O–H groups in total. The van der Waals surface area contributed by atoms with Gasteiger partial charge in [0.1, 0.15) is 5.76 Å². The molecule has 0 fully saturated rings. The topological polar surface area (TPSA) is 60.0 Å². The highest BCUT2D eigenvalue weighted by molar-refractivity contribution is 7.15. The number of thiazole rings is 1. The first-order chi connectivity index (χ1) is 11.7. The van der Waals surface area contributed by atoms with Crippen LogP contribution in [-0.4, -0.2) is 40.5 Å². The number of hydrogen-bond donors (Lipinski definition) is 0. The van der Waals surface area contributed by atoms with Crippen LogP contribution in [0.15, 0.2) is 40.5 Å². The fraction of sp³-hybridized carbons (Fsp3) is 0.250. The van der Waals surface area contributed by atoms with E-state index in [1.807, 2.05) is 22.0 Å². The molecule has 0 aliphatic rings. The van der Waals surface area contributed by atoms with Crippen molar-refractivity contribution in [2.75, 3.05) is 20.3 Å². The minimum Gasteiger partial charge on any atom is -0.467 e. The van der Waals surface area contributed by atoms with E-state index in [4.69, 9.17) is 20.8 Å². The van der Waals surface area contributed by atoms with Crippen molar-refractivity contribution in [2.45, 2.75) is 6.54 Å². The molecule has 8 heteroatoms. The number of imidazole rings is 1. The molecule has 0 saturated carbocycles. The number of hydrogen-bond acceptors (Lipinski definition) is 5. The third kappa shape index (κ3) is 3.69. The van der Waals surface area contributed by atoms with E-state index in [9.17, 15) is 4.79 Å². The molecule has 6 nitrogen and oxygen atoms in total. The van der Waals surface area contributed by atoms with Gasteiger partial charge in [0.25, 0.3) is 0 Å². The number of carbonyl (C=O) groups excluding carboxylic acids is 1. The molecular formula is C16H16ClN3O3S. The Morgan fingerprint density at radius 2 is 2.46 bits per heavy atom. The Hall–Kier alpha value is -2.09. The van der Waals surface area contributed by atoms with E-state index < -0.39 is 0 Å². The van der Waals surface area contributed by atoms with Gasteiger partial charge in [0.05, 0.1) is 25.1 Å². The van der Waals surface area contributed by atoms with Gasteiger partial charge in [-0.15, -0.1) is 11.3 Å². The highest BCUT2D eigenvalue weighted by Gasteiger charge is 2.14. The van der Waals surface area contributed by atoms with Gasteiger partial charge >= 0.3 is 0 Å². The molecule has 0 atom stereocenters. The zero-order chi connectivity index (χ0) is 16.9. The Balaban J connectivity index is 1.76. The summed E-state index contributed by atoms with van der Waals surface area (Å²) in [5.41, 5.74) is 0.686. The van der Waals surface area contributed by atoms with E-state index in [1.165, 1.54) is 17.4 Å². The number of rotatable bonds is 7. The zero-order valence-electron chi connectivity index (χ0n) is 13.0. The monoisotopic (exact) mass is 365 g/mol. The van der Waals surface area contributed by atoms with Crippen molar-refractivity contribution in [3.8, 4) is 0 Å². The van der Waals surface area contributed by atoms with Crippen LogP contribution in [0.4, 0.5) is 0 Å². The fourth-order valence-corrected chi connectivity index (χ4v) is 3.25. The molecule has 0 bridgehead atoms. The third-order valence-corrected chi connectivity index (χ3v) is 4.48. The van der Waals surface area contributed by atoms with Gasteiger partial charge in [0.15, 0.2) is 10.1 Å².